The Morgan fingerprint density at radius 2 is 1.85 bits per heavy atom. The van der Waals surface area contributed by atoms with E-state index in [0.717, 1.165) is 6.07 Å². The third-order valence-corrected chi connectivity index (χ3v) is 5.79. The van der Waals surface area contributed by atoms with Crippen molar-refractivity contribution < 1.29 is 21.6 Å². The minimum atomic E-state index is -4.69. The molecular formula is C10H9BrCl2F3NO2S. The number of alkyl halides is 3. The van der Waals surface area contributed by atoms with Crippen LogP contribution in [0, 0.1) is 0 Å². The zero-order valence-electron chi connectivity index (χ0n) is 9.93. The highest BCUT2D eigenvalue weighted by molar-refractivity contribution is 9.10. The van der Waals surface area contributed by atoms with Crippen molar-refractivity contribution in [3.8, 4) is 0 Å². The molecule has 0 aliphatic rings. The molecule has 0 radical (unpaired) electrons. The Bertz CT molecular complexity index is 607. The van der Waals surface area contributed by atoms with Gasteiger partial charge in [-0.3, -0.25) is 0 Å². The Morgan fingerprint density at radius 1 is 1.30 bits per heavy atom. The lowest BCUT2D eigenvalue weighted by Crippen LogP contribution is -2.44. The van der Waals surface area contributed by atoms with Gasteiger partial charge in [0.15, 0.2) is 0 Å². The fraction of sp³-hybridized carbons (Fsp3) is 0.400. The maximum absolute atomic E-state index is 12.6. The molecule has 10 heteroatoms. The van der Waals surface area contributed by atoms with E-state index in [1.165, 1.54) is 13.0 Å². The quantitative estimate of drug-likeness (QED) is 0.743. The van der Waals surface area contributed by atoms with Crippen LogP contribution in [0.4, 0.5) is 13.2 Å². The van der Waals surface area contributed by atoms with Gasteiger partial charge in [0.2, 0.25) is 10.0 Å². The van der Waals surface area contributed by atoms with Crippen molar-refractivity contribution in [2.45, 2.75) is 30.5 Å². The highest BCUT2D eigenvalue weighted by Gasteiger charge is 2.41. The first-order chi connectivity index (χ1) is 9.00. The minimum absolute atomic E-state index is 0.0883. The van der Waals surface area contributed by atoms with Crippen molar-refractivity contribution >= 4 is 49.2 Å². The molecule has 1 atom stereocenters. The summed E-state index contributed by atoms with van der Waals surface area (Å²) in [6, 6.07) is 0.173. The van der Waals surface area contributed by atoms with Gasteiger partial charge in [0.05, 0.1) is 10.0 Å². The van der Waals surface area contributed by atoms with E-state index in [9.17, 15) is 21.6 Å². The van der Waals surface area contributed by atoms with Crippen LogP contribution in [-0.4, -0.2) is 20.6 Å². The molecule has 1 rings (SSSR count). The number of benzene rings is 1. The molecule has 0 spiro atoms. The minimum Gasteiger partial charge on any atom is -0.207 e. The highest BCUT2D eigenvalue weighted by atomic mass is 79.9. The third kappa shape index (κ3) is 4.00. The van der Waals surface area contributed by atoms with Gasteiger partial charge in [-0.05, 0) is 34.5 Å². The number of hydrogen-bond acceptors (Lipinski definition) is 2. The average Bonchev–Trinajstić information content (AvgIpc) is 2.31. The van der Waals surface area contributed by atoms with E-state index in [0.29, 0.717) is 4.47 Å². The first-order valence-corrected chi connectivity index (χ1v) is 8.26. The summed E-state index contributed by atoms with van der Waals surface area (Å²) >= 11 is 14.5. The molecule has 3 nitrogen and oxygen atoms in total. The lowest BCUT2D eigenvalue weighted by molar-refractivity contribution is -0.151. The molecule has 1 unspecified atom stereocenters. The summed E-state index contributed by atoms with van der Waals surface area (Å²) in [5, 5.41) is -0.430. The van der Waals surface area contributed by atoms with Crippen LogP contribution in [-0.2, 0) is 10.0 Å². The maximum Gasteiger partial charge on any atom is 0.404 e. The molecule has 0 bridgehead atoms. The van der Waals surface area contributed by atoms with Crippen LogP contribution in [0.5, 0.6) is 0 Å². The smallest absolute Gasteiger partial charge is 0.207 e. The molecule has 0 aromatic heterocycles. The van der Waals surface area contributed by atoms with Gasteiger partial charge in [-0.25, -0.2) is 8.42 Å². The number of halogens is 6. The number of rotatable bonds is 4. The molecule has 0 fully saturated rings. The highest BCUT2D eigenvalue weighted by Crippen LogP contribution is 2.35. The first-order valence-electron chi connectivity index (χ1n) is 5.23. The zero-order chi connectivity index (χ0) is 15.7. The van der Waals surface area contributed by atoms with E-state index >= 15 is 0 Å². The molecule has 0 aliphatic heterocycles. The summed E-state index contributed by atoms with van der Waals surface area (Å²) < 4.78 is 63.7. The fourth-order valence-corrected chi connectivity index (χ4v) is 3.87. The zero-order valence-corrected chi connectivity index (χ0v) is 13.8. The number of sulfonamides is 1. The summed E-state index contributed by atoms with van der Waals surface area (Å²) in [6.07, 6.45) is -5.13. The molecular weight excluding hydrogens is 406 g/mol. The Kier molecular flexibility index (Phi) is 5.76. The molecule has 1 aromatic rings. The van der Waals surface area contributed by atoms with Gasteiger partial charge in [0.25, 0.3) is 0 Å². The SMILES string of the molecule is CCC(NS(=O)(=O)c1ccc(Br)c(Cl)c1Cl)C(F)(F)F. The van der Waals surface area contributed by atoms with E-state index in [1.807, 2.05) is 0 Å². The third-order valence-electron chi connectivity index (χ3n) is 2.39. The lowest BCUT2D eigenvalue weighted by atomic mass is 10.2. The summed E-state index contributed by atoms with van der Waals surface area (Å²) in [7, 11) is -4.43. The van der Waals surface area contributed by atoms with E-state index in [-0.39, 0.29) is 10.0 Å². The van der Waals surface area contributed by atoms with Crippen molar-refractivity contribution in [2.75, 3.05) is 0 Å². The summed E-state index contributed by atoms with van der Waals surface area (Å²) in [6.45, 7) is 1.22. The second-order valence-electron chi connectivity index (χ2n) is 3.80. The van der Waals surface area contributed by atoms with Crippen LogP contribution < -0.4 is 4.72 Å². The van der Waals surface area contributed by atoms with Crippen LogP contribution in [0.2, 0.25) is 10.0 Å². The molecule has 1 N–H and O–H groups in total. The van der Waals surface area contributed by atoms with Gasteiger partial charge in [-0.15, -0.1) is 0 Å². The van der Waals surface area contributed by atoms with Gasteiger partial charge >= 0.3 is 6.18 Å². The van der Waals surface area contributed by atoms with Crippen LogP contribution in [0.25, 0.3) is 0 Å². The predicted molar refractivity (Wildman–Crippen MR) is 74.6 cm³/mol. The van der Waals surface area contributed by atoms with Gasteiger partial charge in [0, 0.05) is 4.47 Å². The molecule has 0 saturated carbocycles. The molecule has 1 aromatic carbocycles. The molecule has 0 heterocycles. The van der Waals surface area contributed by atoms with Crippen LogP contribution >= 0.6 is 39.1 Å². The summed E-state index contributed by atoms with van der Waals surface area (Å²) in [4.78, 5) is -0.505. The Labute approximate surface area is 132 Å². The predicted octanol–water partition coefficient (Wildman–Crippen LogP) is 4.38. The average molecular weight is 415 g/mol. The monoisotopic (exact) mass is 413 g/mol. The molecule has 20 heavy (non-hydrogen) atoms. The standard InChI is InChI=1S/C10H9BrCl2F3NO2S/c1-2-7(10(14,15)16)17-20(18,19)6-4-3-5(11)8(12)9(6)13/h3-4,7,17H,2H2,1H3. The second-order valence-corrected chi connectivity index (χ2v) is 7.09. The maximum atomic E-state index is 12.6. The van der Waals surface area contributed by atoms with Crippen LogP contribution in [0.15, 0.2) is 21.5 Å². The van der Waals surface area contributed by atoms with Gasteiger partial charge in [0.1, 0.15) is 10.9 Å². The Morgan fingerprint density at radius 3 is 2.30 bits per heavy atom. The molecule has 0 saturated heterocycles. The van der Waals surface area contributed by atoms with Crippen molar-refractivity contribution in [1.29, 1.82) is 0 Å². The normalized spacial score (nSPS) is 14.3. The molecule has 0 aliphatic carbocycles. The van der Waals surface area contributed by atoms with Crippen molar-refractivity contribution in [2.24, 2.45) is 0 Å². The summed E-state index contributed by atoms with van der Waals surface area (Å²) in [5.41, 5.74) is 0. The van der Waals surface area contributed by atoms with E-state index in [2.05, 4.69) is 15.9 Å². The van der Waals surface area contributed by atoms with Crippen molar-refractivity contribution in [3.63, 3.8) is 0 Å². The first kappa shape index (κ1) is 18.0. The number of nitrogens with one attached hydrogen (secondary N) is 1. The van der Waals surface area contributed by atoms with Crippen molar-refractivity contribution in [3.05, 3.63) is 26.7 Å². The Hall–Kier alpha value is -0.0200. The summed E-state index contributed by atoms with van der Waals surface area (Å²) in [5.74, 6) is 0. The van der Waals surface area contributed by atoms with Gasteiger partial charge < -0.3 is 0 Å². The van der Waals surface area contributed by atoms with E-state index < -0.39 is 33.6 Å². The largest absolute Gasteiger partial charge is 0.404 e. The number of hydrogen-bond donors (Lipinski definition) is 1. The topological polar surface area (TPSA) is 46.2 Å². The van der Waals surface area contributed by atoms with Gasteiger partial charge in [-0.1, -0.05) is 30.1 Å². The Balaban J connectivity index is 3.22. The second kappa shape index (κ2) is 6.39. The lowest BCUT2D eigenvalue weighted by Gasteiger charge is -2.20. The van der Waals surface area contributed by atoms with Crippen LogP contribution in [0.3, 0.4) is 0 Å². The van der Waals surface area contributed by atoms with Crippen LogP contribution in [0.1, 0.15) is 13.3 Å². The van der Waals surface area contributed by atoms with Crippen molar-refractivity contribution in [1.82, 2.24) is 4.72 Å². The molecule has 0 amide bonds. The molecule has 114 valence electrons. The van der Waals surface area contributed by atoms with Gasteiger partial charge in [-0.2, -0.15) is 17.9 Å². The van der Waals surface area contributed by atoms with E-state index in [4.69, 9.17) is 23.2 Å². The van der Waals surface area contributed by atoms with E-state index in [1.54, 1.807) is 4.72 Å². The fourth-order valence-electron chi connectivity index (χ4n) is 1.35.